The number of nitrogens with zero attached hydrogens (tertiary/aromatic N) is 1. The molecule has 0 saturated heterocycles. The van der Waals surface area contributed by atoms with Gasteiger partial charge in [0.05, 0.1) is 39.9 Å². The topological polar surface area (TPSA) is 105 Å². The minimum atomic E-state index is -4.31. The number of nitrogens with one attached hydrogen (secondary N) is 1. The van der Waals surface area contributed by atoms with E-state index in [-0.39, 0.29) is 19.1 Å². The van der Waals surface area contributed by atoms with Crippen LogP contribution in [0, 0.1) is 0 Å². The number of phosphoric ester groups is 1. The van der Waals surface area contributed by atoms with Crippen LogP contribution in [0.2, 0.25) is 0 Å². The summed E-state index contributed by atoms with van der Waals surface area (Å²) in [5.41, 5.74) is 0. The van der Waals surface area contributed by atoms with Gasteiger partial charge in [-0.25, -0.2) is 4.57 Å². The van der Waals surface area contributed by atoms with E-state index in [2.05, 4.69) is 31.3 Å². The van der Waals surface area contributed by atoms with Crippen molar-refractivity contribution in [2.24, 2.45) is 0 Å². The smallest absolute Gasteiger partial charge is 0.391 e. The summed E-state index contributed by atoms with van der Waals surface area (Å²) in [6, 6.07) is -0.769. The number of carbonyl (C=O) groups excluding carboxylic acids is 1. The first-order valence-electron chi connectivity index (χ1n) is 21.6. The molecule has 0 aromatic heterocycles. The van der Waals surface area contributed by atoms with Crippen molar-refractivity contribution >= 4 is 13.7 Å². The van der Waals surface area contributed by atoms with Crippen molar-refractivity contribution in [2.45, 2.75) is 212 Å². The van der Waals surface area contributed by atoms with Gasteiger partial charge in [-0.3, -0.25) is 13.8 Å². The van der Waals surface area contributed by atoms with E-state index in [0.29, 0.717) is 23.9 Å². The summed E-state index contributed by atoms with van der Waals surface area (Å²) in [6.45, 7) is 4.84. The molecule has 0 aromatic carbocycles. The minimum absolute atomic E-state index is 0.0718. The van der Waals surface area contributed by atoms with Gasteiger partial charge in [-0.05, 0) is 38.5 Å². The summed E-state index contributed by atoms with van der Waals surface area (Å²) < 4.78 is 23.5. The van der Waals surface area contributed by atoms with Gasteiger partial charge in [-0.15, -0.1) is 0 Å². The maximum Gasteiger partial charge on any atom is 0.472 e. The Morgan fingerprint density at radius 2 is 1.06 bits per heavy atom. The Balaban J connectivity index is 4.28. The predicted octanol–water partition coefficient (Wildman–Crippen LogP) is 11.6. The number of likely N-dealkylation sites (N-methyl/N-ethyl adjacent to an activating group) is 1. The van der Waals surface area contributed by atoms with Gasteiger partial charge in [0.2, 0.25) is 5.91 Å². The first-order chi connectivity index (χ1) is 24.5. The molecule has 8 nitrogen and oxygen atoms in total. The highest BCUT2D eigenvalue weighted by molar-refractivity contribution is 7.47. The first kappa shape index (κ1) is 50.2. The molecule has 9 heteroatoms. The lowest BCUT2D eigenvalue weighted by atomic mass is 10.0. The fourth-order valence-electron chi connectivity index (χ4n) is 6.28. The number of rotatable bonds is 39. The van der Waals surface area contributed by atoms with E-state index in [4.69, 9.17) is 9.05 Å². The standard InChI is InChI=1S/C42H85N2O6P/c1-6-8-10-12-14-16-18-19-20-21-22-23-24-25-26-28-30-32-34-36-42(46)43-40(39-50-51(47,48)49-38-37-44(3,4)5)41(45)35-33-31-29-27-17-15-13-11-9-7-2/h17,27,40-41,45H,6-16,18-26,28-39H2,1-5H3,(H-,43,46,47,48)/p+1/b27-17+/t40-,41+/m0/s1. The van der Waals surface area contributed by atoms with Crippen molar-refractivity contribution in [3.63, 3.8) is 0 Å². The molecule has 51 heavy (non-hydrogen) atoms. The average Bonchev–Trinajstić information content (AvgIpc) is 3.07. The maximum atomic E-state index is 12.8. The molecule has 0 aliphatic heterocycles. The lowest BCUT2D eigenvalue weighted by Gasteiger charge is -2.26. The maximum absolute atomic E-state index is 12.8. The monoisotopic (exact) mass is 746 g/mol. The summed E-state index contributed by atoms with van der Waals surface area (Å²) in [5.74, 6) is -0.153. The molecule has 0 fully saturated rings. The molecule has 3 atom stereocenters. The Kier molecular flexibility index (Phi) is 34.5. The molecule has 0 aliphatic rings. The third kappa shape index (κ3) is 37.4. The number of hydrogen-bond acceptors (Lipinski definition) is 5. The Hall–Kier alpha value is -0.760. The van der Waals surface area contributed by atoms with Crippen molar-refractivity contribution < 1.29 is 32.9 Å². The minimum Gasteiger partial charge on any atom is -0.391 e. The van der Waals surface area contributed by atoms with Crippen LogP contribution in [0.25, 0.3) is 0 Å². The van der Waals surface area contributed by atoms with Gasteiger partial charge in [0.25, 0.3) is 0 Å². The Bertz CT molecular complexity index is 850. The van der Waals surface area contributed by atoms with Crippen LogP contribution in [0.4, 0.5) is 0 Å². The molecule has 0 rings (SSSR count). The van der Waals surface area contributed by atoms with Crippen LogP contribution < -0.4 is 5.32 Å². The molecule has 0 aliphatic carbocycles. The zero-order chi connectivity index (χ0) is 37.9. The molecule has 0 aromatic rings. The van der Waals surface area contributed by atoms with Crippen molar-refractivity contribution in [1.82, 2.24) is 5.32 Å². The summed E-state index contributed by atoms with van der Waals surface area (Å²) in [5, 5.41) is 13.9. The second-order valence-corrected chi connectivity index (χ2v) is 17.5. The molecule has 0 radical (unpaired) electrons. The van der Waals surface area contributed by atoms with E-state index < -0.39 is 20.0 Å². The van der Waals surface area contributed by atoms with E-state index in [0.717, 1.165) is 44.9 Å². The number of amides is 1. The van der Waals surface area contributed by atoms with Gasteiger partial charge in [0.15, 0.2) is 0 Å². The van der Waals surface area contributed by atoms with Crippen LogP contribution in [-0.2, 0) is 18.4 Å². The lowest BCUT2D eigenvalue weighted by Crippen LogP contribution is -2.46. The molecule has 0 heterocycles. The number of aliphatic hydroxyl groups is 1. The third-order valence-electron chi connectivity index (χ3n) is 9.76. The third-order valence-corrected chi connectivity index (χ3v) is 10.7. The Morgan fingerprint density at radius 3 is 1.51 bits per heavy atom. The van der Waals surface area contributed by atoms with Crippen molar-refractivity contribution in [2.75, 3.05) is 40.9 Å². The molecule has 3 N–H and O–H groups in total. The van der Waals surface area contributed by atoms with Gasteiger partial charge in [-0.2, -0.15) is 0 Å². The van der Waals surface area contributed by atoms with Crippen LogP contribution in [0.1, 0.15) is 200 Å². The number of unbranched alkanes of at least 4 members (excludes halogenated alkanes) is 24. The van der Waals surface area contributed by atoms with Gasteiger partial charge in [0.1, 0.15) is 13.2 Å². The number of allylic oxidation sites excluding steroid dienone is 2. The number of aliphatic hydroxyl groups excluding tert-OH is 1. The Morgan fingerprint density at radius 1 is 0.647 bits per heavy atom. The highest BCUT2D eigenvalue weighted by Gasteiger charge is 2.28. The number of carbonyl (C=O) groups is 1. The van der Waals surface area contributed by atoms with Gasteiger partial charge in [-0.1, -0.05) is 167 Å². The molecule has 1 amide bonds. The molecule has 0 saturated carbocycles. The molecular formula is C42H86N2O6P+. The summed E-state index contributed by atoms with van der Waals surface area (Å²) >= 11 is 0. The van der Waals surface area contributed by atoms with Crippen LogP contribution in [0.15, 0.2) is 12.2 Å². The second-order valence-electron chi connectivity index (χ2n) is 16.1. The average molecular weight is 746 g/mol. The fourth-order valence-corrected chi connectivity index (χ4v) is 7.01. The quantitative estimate of drug-likeness (QED) is 0.0250. The second kappa shape index (κ2) is 35.0. The zero-order valence-electron chi connectivity index (χ0n) is 34.4. The fraction of sp³-hybridized carbons (Fsp3) is 0.929. The number of hydrogen-bond donors (Lipinski definition) is 3. The van der Waals surface area contributed by atoms with E-state index >= 15 is 0 Å². The SMILES string of the molecule is CCCCCC/C=C/CCCC[C@@H](O)[C@H](COP(=O)(O)OCC[N+](C)(C)C)NC(=O)CCCCCCCCCCCCCCCCCCCCC. The molecule has 0 spiro atoms. The van der Waals surface area contributed by atoms with Crippen LogP contribution in [-0.4, -0.2) is 73.4 Å². The highest BCUT2D eigenvalue weighted by atomic mass is 31.2. The Labute approximate surface area is 316 Å². The lowest BCUT2D eigenvalue weighted by molar-refractivity contribution is -0.870. The summed E-state index contributed by atoms with van der Waals surface area (Å²) in [6.07, 6.45) is 38.2. The van der Waals surface area contributed by atoms with Crippen molar-refractivity contribution in [1.29, 1.82) is 0 Å². The van der Waals surface area contributed by atoms with Crippen LogP contribution in [0.5, 0.6) is 0 Å². The van der Waals surface area contributed by atoms with Gasteiger partial charge in [0, 0.05) is 6.42 Å². The molecule has 1 unspecified atom stereocenters. The largest absolute Gasteiger partial charge is 0.472 e. The van der Waals surface area contributed by atoms with E-state index in [1.165, 1.54) is 128 Å². The highest BCUT2D eigenvalue weighted by Crippen LogP contribution is 2.43. The van der Waals surface area contributed by atoms with Crippen molar-refractivity contribution in [3.05, 3.63) is 12.2 Å². The van der Waals surface area contributed by atoms with E-state index in [1.54, 1.807) is 0 Å². The van der Waals surface area contributed by atoms with E-state index in [9.17, 15) is 19.4 Å². The van der Waals surface area contributed by atoms with E-state index in [1.807, 2.05) is 21.1 Å². The first-order valence-corrected chi connectivity index (χ1v) is 23.0. The number of phosphoric acid groups is 1. The molecule has 304 valence electrons. The van der Waals surface area contributed by atoms with Crippen LogP contribution in [0.3, 0.4) is 0 Å². The van der Waals surface area contributed by atoms with Gasteiger partial charge < -0.3 is 19.8 Å². The zero-order valence-corrected chi connectivity index (χ0v) is 35.3. The number of quaternary nitrogens is 1. The predicted molar refractivity (Wildman–Crippen MR) is 217 cm³/mol. The van der Waals surface area contributed by atoms with Crippen molar-refractivity contribution in [3.8, 4) is 0 Å². The summed E-state index contributed by atoms with van der Waals surface area (Å²) in [7, 11) is 1.60. The normalized spacial score (nSPS) is 14.6. The molecular weight excluding hydrogens is 659 g/mol. The van der Waals surface area contributed by atoms with Crippen LogP contribution >= 0.6 is 7.82 Å². The molecule has 0 bridgehead atoms. The van der Waals surface area contributed by atoms with Gasteiger partial charge >= 0.3 is 7.82 Å². The summed E-state index contributed by atoms with van der Waals surface area (Å²) in [4.78, 5) is 23.1.